The van der Waals surface area contributed by atoms with Gasteiger partial charge >= 0.3 is 12.0 Å². The predicted octanol–water partition coefficient (Wildman–Crippen LogP) is 1.90. The topological polar surface area (TPSA) is 85.9 Å². The lowest BCUT2D eigenvalue weighted by Gasteiger charge is -2.33. The third kappa shape index (κ3) is 3.93. The van der Waals surface area contributed by atoms with E-state index < -0.39 is 24.0 Å². The molecule has 2 N–H and O–H groups in total. The van der Waals surface area contributed by atoms with E-state index in [0.29, 0.717) is 18.1 Å². The Morgan fingerprint density at radius 1 is 1.44 bits per heavy atom. The Kier molecular flexibility index (Phi) is 5.23. The Morgan fingerprint density at radius 2 is 2.28 bits per heavy atom. The van der Waals surface area contributed by atoms with E-state index in [1.165, 1.54) is 0 Å². The fraction of sp³-hybridized carbons (Fsp3) is 0.444. The minimum atomic E-state index is -0.730. The standard InChI is InChI=1S/C18H22N2O5/c1-11-15(17(21)25-10-14-7-4-8-24-14)16(20-18(22)19-11)12-5-3-6-13(9-12)23-2/h3,5-6,9,14-16H,1,4,7-8,10H2,2H3,(H2,19,20,22). The molecule has 2 aliphatic rings. The zero-order chi connectivity index (χ0) is 17.8. The number of hydrogen-bond donors (Lipinski definition) is 2. The fourth-order valence-electron chi connectivity index (χ4n) is 3.12. The molecule has 0 radical (unpaired) electrons. The highest BCUT2D eigenvalue weighted by molar-refractivity contribution is 5.85. The molecule has 7 nitrogen and oxygen atoms in total. The number of hydrogen-bond acceptors (Lipinski definition) is 5. The number of esters is 1. The summed E-state index contributed by atoms with van der Waals surface area (Å²) in [6.45, 7) is 4.74. The number of nitrogens with one attached hydrogen (secondary N) is 2. The summed E-state index contributed by atoms with van der Waals surface area (Å²) in [5.74, 6) is -0.533. The van der Waals surface area contributed by atoms with Crippen LogP contribution in [0.15, 0.2) is 36.5 Å². The van der Waals surface area contributed by atoms with Gasteiger partial charge in [0, 0.05) is 12.3 Å². The Bertz CT molecular complexity index is 669. The van der Waals surface area contributed by atoms with Gasteiger partial charge in [-0.2, -0.15) is 0 Å². The quantitative estimate of drug-likeness (QED) is 0.796. The molecule has 1 aromatic rings. The average molecular weight is 346 g/mol. The summed E-state index contributed by atoms with van der Waals surface area (Å²) in [5, 5.41) is 5.33. The maximum Gasteiger partial charge on any atom is 0.319 e. The van der Waals surface area contributed by atoms with E-state index in [0.717, 1.165) is 18.4 Å². The molecule has 2 saturated heterocycles. The summed E-state index contributed by atoms with van der Waals surface area (Å²) >= 11 is 0. The molecule has 134 valence electrons. The molecule has 25 heavy (non-hydrogen) atoms. The lowest BCUT2D eigenvalue weighted by Crippen LogP contribution is -2.51. The van der Waals surface area contributed by atoms with E-state index in [1.54, 1.807) is 25.3 Å². The van der Waals surface area contributed by atoms with Gasteiger partial charge in [-0.1, -0.05) is 18.7 Å². The monoisotopic (exact) mass is 346 g/mol. The second-order valence-corrected chi connectivity index (χ2v) is 6.12. The molecule has 7 heteroatoms. The van der Waals surface area contributed by atoms with Crippen molar-refractivity contribution in [1.82, 2.24) is 10.6 Å². The molecule has 2 fully saturated rings. The van der Waals surface area contributed by atoms with Gasteiger partial charge in [0.25, 0.3) is 0 Å². The van der Waals surface area contributed by atoms with Gasteiger partial charge in [-0.15, -0.1) is 0 Å². The average Bonchev–Trinajstić information content (AvgIpc) is 3.12. The van der Waals surface area contributed by atoms with Crippen LogP contribution in [0, 0.1) is 5.92 Å². The van der Waals surface area contributed by atoms with Gasteiger partial charge in [-0.05, 0) is 30.5 Å². The van der Waals surface area contributed by atoms with Crippen molar-refractivity contribution in [3.05, 3.63) is 42.1 Å². The van der Waals surface area contributed by atoms with Crippen molar-refractivity contribution in [3.63, 3.8) is 0 Å². The lowest BCUT2D eigenvalue weighted by atomic mass is 9.89. The molecule has 2 heterocycles. The maximum atomic E-state index is 12.6. The lowest BCUT2D eigenvalue weighted by molar-refractivity contribution is -0.151. The van der Waals surface area contributed by atoms with E-state index >= 15 is 0 Å². The molecule has 3 unspecified atom stereocenters. The van der Waals surface area contributed by atoms with Gasteiger partial charge in [0.15, 0.2) is 0 Å². The first kappa shape index (κ1) is 17.3. The molecular weight excluding hydrogens is 324 g/mol. The molecule has 0 aliphatic carbocycles. The summed E-state index contributed by atoms with van der Waals surface area (Å²) in [6.07, 6.45) is 1.80. The number of carbonyl (C=O) groups is 2. The third-order valence-electron chi connectivity index (χ3n) is 4.41. The number of amides is 2. The van der Waals surface area contributed by atoms with E-state index in [2.05, 4.69) is 17.2 Å². The molecule has 3 atom stereocenters. The summed E-state index contributed by atoms with van der Waals surface area (Å²) < 4.78 is 16.1. The first-order chi connectivity index (χ1) is 12.1. The minimum absolute atomic E-state index is 0.0568. The van der Waals surface area contributed by atoms with Crippen LogP contribution in [0.3, 0.4) is 0 Å². The van der Waals surface area contributed by atoms with Crippen LogP contribution in [0.25, 0.3) is 0 Å². The van der Waals surface area contributed by atoms with Gasteiger partial charge in [-0.3, -0.25) is 4.79 Å². The highest BCUT2D eigenvalue weighted by atomic mass is 16.6. The Labute approximate surface area is 146 Å². The van der Waals surface area contributed by atoms with Gasteiger partial charge in [-0.25, -0.2) is 4.79 Å². The molecule has 0 bridgehead atoms. The zero-order valence-corrected chi connectivity index (χ0v) is 14.1. The van der Waals surface area contributed by atoms with Crippen LogP contribution >= 0.6 is 0 Å². The Balaban J connectivity index is 1.78. The van der Waals surface area contributed by atoms with Gasteiger partial charge in [0.05, 0.1) is 19.3 Å². The number of urea groups is 1. The SMILES string of the molecule is C=C1NC(=O)NC(c2cccc(OC)c2)C1C(=O)OCC1CCCO1. The number of ether oxygens (including phenoxy) is 3. The molecule has 2 aliphatic heterocycles. The smallest absolute Gasteiger partial charge is 0.319 e. The maximum absolute atomic E-state index is 12.6. The Morgan fingerprint density at radius 3 is 3.00 bits per heavy atom. The fourth-order valence-corrected chi connectivity index (χ4v) is 3.12. The molecule has 2 amide bonds. The first-order valence-corrected chi connectivity index (χ1v) is 8.27. The largest absolute Gasteiger partial charge is 0.497 e. The van der Waals surface area contributed by atoms with E-state index in [1.807, 2.05) is 6.07 Å². The Hall–Kier alpha value is -2.54. The van der Waals surface area contributed by atoms with Crippen molar-refractivity contribution < 1.29 is 23.8 Å². The van der Waals surface area contributed by atoms with Gasteiger partial charge in [0.1, 0.15) is 18.3 Å². The summed E-state index contributed by atoms with van der Waals surface area (Å²) in [7, 11) is 1.56. The second-order valence-electron chi connectivity index (χ2n) is 6.12. The molecule has 0 aromatic heterocycles. The van der Waals surface area contributed by atoms with E-state index in [9.17, 15) is 9.59 Å². The van der Waals surface area contributed by atoms with E-state index in [4.69, 9.17) is 14.2 Å². The van der Waals surface area contributed by atoms with Crippen molar-refractivity contribution in [2.75, 3.05) is 20.3 Å². The van der Waals surface area contributed by atoms with Crippen LogP contribution in [0.5, 0.6) is 5.75 Å². The normalized spacial score (nSPS) is 25.9. The third-order valence-corrected chi connectivity index (χ3v) is 4.41. The van der Waals surface area contributed by atoms with Crippen molar-refractivity contribution in [3.8, 4) is 5.75 Å². The van der Waals surface area contributed by atoms with Crippen LogP contribution < -0.4 is 15.4 Å². The van der Waals surface area contributed by atoms with Crippen molar-refractivity contribution >= 4 is 12.0 Å². The summed E-state index contributed by atoms with van der Waals surface area (Å²) in [4.78, 5) is 24.5. The number of carbonyl (C=O) groups excluding carboxylic acids is 2. The summed E-state index contributed by atoms with van der Waals surface area (Å²) in [6, 6.07) is 6.23. The van der Waals surface area contributed by atoms with E-state index in [-0.39, 0.29) is 12.7 Å². The first-order valence-electron chi connectivity index (χ1n) is 8.27. The van der Waals surface area contributed by atoms with Crippen LogP contribution in [-0.4, -0.2) is 38.4 Å². The number of methoxy groups -OCH3 is 1. The van der Waals surface area contributed by atoms with Crippen LogP contribution in [0.4, 0.5) is 4.79 Å². The number of benzene rings is 1. The van der Waals surface area contributed by atoms with Gasteiger partial charge < -0.3 is 24.8 Å². The highest BCUT2D eigenvalue weighted by Gasteiger charge is 2.39. The van der Waals surface area contributed by atoms with Crippen LogP contribution in [0.2, 0.25) is 0 Å². The minimum Gasteiger partial charge on any atom is -0.497 e. The van der Waals surface area contributed by atoms with Crippen molar-refractivity contribution in [2.45, 2.75) is 25.0 Å². The zero-order valence-electron chi connectivity index (χ0n) is 14.1. The molecule has 3 rings (SSSR count). The summed E-state index contributed by atoms with van der Waals surface area (Å²) in [5.41, 5.74) is 1.06. The molecular formula is C18H22N2O5. The van der Waals surface area contributed by atoms with Crippen molar-refractivity contribution in [2.24, 2.45) is 5.92 Å². The molecule has 0 spiro atoms. The second kappa shape index (κ2) is 7.57. The predicted molar refractivity (Wildman–Crippen MR) is 90.0 cm³/mol. The van der Waals surface area contributed by atoms with Crippen LogP contribution in [-0.2, 0) is 14.3 Å². The molecule has 1 aromatic carbocycles. The van der Waals surface area contributed by atoms with Crippen LogP contribution in [0.1, 0.15) is 24.4 Å². The molecule has 0 saturated carbocycles. The van der Waals surface area contributed by atoms with Crippen molar-refractivity contribution in [1.29, 1.82) is 0 Å². The van der Waals surface area contributed by atoms with Gasteiger partial charge in [0.2, 0.25) is 0 Å². The highest BCUT2D eigenvalue weighted by Crippen LogP contribution is 2.32. The number of rotatable bonds is 5.